The summed E-state index contributed by atoms with van der Waals surface area (Å²) in [5, 5.41) is 2.70. The first-order valence-corrected chi connectivity index (χ1v) is 13.5. The molecule has 0 aromatic heterocycles. The van der Waals surface area contributed by atoms with Crippen LogP contribution >= 0.6 is 0 Å². The van der Waals surface area contributed by atoms with E-state index in [0.717, 1.165) is 32.1 Å². The van der Waals surface area contributed by atoms with Crippen LogP contribution in [0, 0.1) is 5.92 Å². The van der Waals surface area contributed by atoms with Crippen molar-refractivity contribution in [1.82, 2.24) is 10.2 Å². The van der Waals surface area contributed by atoms with Crippen LogP contribution in [-0.4, -0.2) is 67.3 Å². The fourth-order valence-corrected chi connectivity index (χ4v) is 6.38. The number of carbonyl (C=O) groups excluding carboxylic acids is 3. The van der Waals surface area contributed by atoms with Gasteiger partial charge in [-0.2, -0.15) is 0 Å². The van der Waals surface area contributed by atoms with Gasteiger partial charge in [0.2, 0.25) is 0 Å². The molecule has 0 spiro atoms. The summed E-state index contributed by atoms with van der Waals surface area (Å²) in [7, 11) is -3.16. The van der Waals surface area contributed by atoms with E-state index in [1.54, 1.807) is 49.1 Å². The molecule has 2 aliphatic rings. The zero-order valence-electron chi connectivity index (χ0n) is 19.4. The highest BCUT2D eigenvalue weighted by Crippen LogP contribution is 2.28. The second-order valence-electron chi connectivity index (χ2n) is 9.32. The Bertz CT molecular complexity index is 941. The van der Waals surface area contributed by atoms with E-state index in [2.05, 4.69) is 5.32 Å². The van der Waals surface area contributed by atoms with Gasteiger partial charge in [0.1, 0.15) is 6.04 Å². The third kappa shape index (κ3) is 6.79. The lowest BCUT2D eigenvalue weighted by Crippen LogP contribution is -2.51. The quantitative estimate of drug-likeness (QED) is 0.575. The summed E-state index contributed by atoms with van der Waals surface area (Å²) in [6.07, 6.45) is 5.17. The Balaban J connectivity index is 1.64. The number of benzene rings is 1. The molecule has 9 heteroatoms. The number of amides is 2. The van der Waals surface area contributed by atoms with Crippen LogP contribution in [0.2, 0.25) is 0 Å². The van der Waals surface area contributed by atoms with Crippen molar-refractivity contribution >= 4 is 27.6 Å². The predicted octanol–water partition coefficient (Wildman–Crippen LogP) is 2.33. The summed E-state index contributed by atoms with van der Waals surface area (Å²) in [5.74, 6) is -1.63. The van der Waals surface area contributed by atoms with Crippen LogP contribution in [0.5, 0.6) is 0 Å². The Morgan fingerprint density at radius 2 is 1.70 bits per heavy atom. The van der Waals surface area contributed by atoms with Crippen LogP contribution in [-0.2, 0) is 24.2 Å². The molecule has 1 N–H and O–H groups in total. The van der Waals surface area contributed by atoms with Gasteiger partial charge in [0.25, 0.3) is 11.8 Å². The van der Waals surface area contributed by atoms with Gasteiger partial charge in [-0.25, -0.2) is 13.2 Å². The van der Waals surface area contributed by atoms with Gasteiger partial charge in [0, 0.05) is 17.6 Å². The van der Waals surface area contributed by atoms with Gasteiger partial charge in [0.05, 0.1) is 11.5 Å². The number of hydrogen-bond donors (Lipinski definition) is 1. The van der Waals surface area contributed by atoms with E-state index in [1.807, 2.05) is 0 Å². The average molecular weight is 479 g/mol. The maximum absolute atomic E-state index is 13.1. The highest BCUT2D eigenvalue weighted by atomic mass is 32.2. The summed E-state index contributed by atoms with van der Waals surface area (Å²) in [4.78, 5) is 40.1. The van der Waals surface area contributed by atoms with E-state index in [0.29, 0.717) is 12.0 Å². The molecule has 0 radical (unpaired) electrons. The van der Waals surface area contributed by atoms with Gasteiger partial charge in [-0.1, -0.05) is 51.3 Å². The van der Waals surface area contributed by atoms with Crippen LogP contribution in [0.3, 0.4) is 0 Å². The maximum atomic E-state index is 13.1. The highest BCUT2D eigenvalue weighted by Gasteiger charge is 2.39. The molecule has 182 valence electrons. The lowest BCUT2D eigenvalue weighted by atomic mass is 9.93. The van der Waals surface area contributed by atoms with Crippen molar-refractivity contribution in [3.05, 3.63) is 35.9 Å². The van der Waals surface area contributed by atoms with E-state index >= 15 is 0 Å². The molecular weight excluding hydrogens is 444 g/mol. The molecule has 3 rings (SSSR count). The zero-order valence-corrected chi connectivity index (χ0v) is 20.2. The molecule has 1 aliphatic carbocycles. The Hall–Kier alpha value is -2.42. The number of esters is 1. The fourth-order valence-electron chi connectivity index (χ4n) is 4.67. The lowest BCUT2D eigenvalue weighted by Gasteiger charge is -2.38. The van der Waals surface area contributed by atoms with Crippen LogP contribution in [0.25, 0.3) is 0 Å². The molecule has 33 heavy (non-hydrogen) atoms. The van der Waals surface area contributed by atoms with Gasteiger partial charge < -0.3 is 15.0 Å². The van der Waals surface area contributed by atoms with Crippen molar-refractivity contribution in [2.24, 2.45) is 5.92 Å². The summed E-state index contributed by atoms with van der Waals surface area (Å²) in [6, 6.07) is 7.27. The zero-order chi connectivity index (χ0) is 24.0. The van der Waals surface area contributed by atoms with E-state index < -0.39 is 34.4 Å². The second-order valence-corrected chi connectivity index (χ2v) is 11.5. The van der Waals surface area contributed by atoms with Gasteiger partial charge in [-0.05, 0) is 37.3 Å². The van der Waals surface area contributed by atoms with Crippen molar-refractivity contribution in [2.75, 3.05) is 18.1 Å². The number of sulfone groups is 1. The van der Waals surface area contributed by atoms with Crippen LogP contribution < -0.4 is 5.32 Å². The predicted molar refractivity (Wildman–Crippen MR) is 124 cm³/mol. The van der Waals surface area contributed by atoms with Crippen molar-refractivity contribution in [3.8, 4) is 0 Å². The molecule has 1 saturated heterocycles. The highest BCUT2D eigenvalue weighted by molar-refractivity contribution is 7.91. The van der Waals surface area contributed by atoms with Crippen molar-refractivity contribution in [1.29, 1.82) is 0 Å². The maximum Gasteiger partial charge on any atom is 0.329 e. The minimum absolute atomic E-state index is 0.0260. The Morgan fingerprint density at radius 3 is 2.27 bits per heavy atom. The molecule has 1 heterocycles. The van der Waals surface area contributed by atoms with Crippen molar-refractivity contribution in [3.63, 3.8) is 0 Å². The van der Waals surface area contributed by atoms with Gasteiger partial charge in [-0.15, -0.1) is 0 Å². The van der Waals surface area contributed by atoms with Gasteiger partial charge in [-0.3, -0.25) is 9.59 Å². The normalized spacial score (nSPS) is 21.4. The summed E-state index contributed by atoms with van der Waals surface area (Å²) in [5.41, 5.74) is 0.429. The molecule has 1 aromatic rings. The molecule has 2 fully saturated rings. The van der Waals surface area contributed by atoms with Crippen LogP contribution in [0.1, 0.15) is 62.7 Å². The number of carbonyl (C=O) groups is 3. The van der Waals surface area contributed by atoms with E-state index in [9.17, 15) is 22.8 Å². The molecule has 2 atom stereocenters. The Labute approximate surface area is 196 Å². The number of nitrogens with one attached hydrogen (secondary N) is 1. The first-order chi connectivity index (χ1) is 15.7. The summed E-state index contributed by atoms with van der Waals surface area (Å²) in [6.45, 7) is 3.11. The first-order valence-electron chi connectivity index (χ1n) is 11.7. The fraction of sp³-hybridized carbons (Fsp3) is 0.625. The molecule has 1 aromatic carbocycles. The smallest absolute Gasteiger partial charge is 0.329 e. The van der Waals surface area contributed by atoms with E-state index in [-0.39, 0.29) is 35.4 Å². The third-order valence-corrected chi connectivity index (χ3v) is 8.19. The molecular formula is C24H34N2O6S. The Kier molecular flexibility index (Phi) is 8.51. The van der Waals surface area contributed by atoms with Gasteiger partial charge in [0.15, 0.2) is 16.4 Å². The molecule has 0 bridgehead atoms. The van der Waals surface area contributed by atoms with Gasteiger partial charge >= 0.3 is 5.97 Å². The second kappa shape index (κ2) is 11.1. The monoisotopic (exact) mass is 478 g/mol. The lowest BCUT2D eigenvalue weighted by molar-refractivity contribution is -0.156. The minimum atomic E-state index is -3.16. The van der Waals surface area contributed by atoms with Crippen molar-refractivity contribution in [2.45, 2.75) is 70.5 Å². The molecule has 8 nitrogen and oxygen atoms in total. The van der Waals surface area contributed by atoms with E-state index in [1.165, 1.54) is 0 Å². The number of hydrogen-bond acceptors (Lipinski definition) is 6. The third-order valence-electron chi connectivity index (χ3n) is 6.44. The topological polar surface area (TPSA) is 110 Å². The average Bonchev–Trinajstić information content (AvgIpc) is 3.15. The molecule has 1 saturated carbocycles. The number of rotatable bonds is 8. The molecule has 1 unspecified atom stereocenters. The number of ether oxygens (including phenoxy) is 1. The molecule has 2 amide bonds. The largest absolute Gasteiger partial charge is 0.454 e. The van der Waals surface area contributed by atoms with Crippen molar-refractivity contribution < 1.29 is 27.5 Å². The van der Waals surface area contributed by atoms with Crippen LogP contribution in [0.15, 0.2) is 30.3 Å². The first kappa shape index (κ1) is 25.2. The summed E-state index contributed by atoms with van der Waals surface area (Å²) >= 11 is 0. The number of nitrogens with zero attached hydrogens (tertiary/aromatic N) is 1. The Morgan fingerprint density at radius 1 is 1.03 bits per heavy atom. The minimum Gasteiger partial charge on any atom is -0.454 e. The SMILES string of the molecule is CC(C)[C@H](NC(=O)c1ccccc1)C(=O)OCC(=O)N(C1CCCCC1)C1CCS(=O)(=O)C1. The van der Waals surface area contributed by atoms with Crippen LogP contribution in [0.4, 0.5) is 0 Å². The standard InChI is InChI=1S/C24H34N2O6S/c1-17(2)22(25-23(28)18-9-5-3-6-10-18)24(29)32-15-21(27)26(19-11-7-4-8-12-19)20-13-14-33(30,31)16-20/h3,5-6,9-10,17,19-20,22H,4,7-8,11-16H2,1-2H3,(H,25,28)/t20?,22-/m0/s1. The van der Waals surface area contributed by atoms with E-state index in [4.69, 9.17) is 4.74 Å². The summed E-state index contributed by atoms with van der Waals surface area (Å²) < 4.78 is 29.4. The molecule has 1 aliphatic heterocycles.